The quantitative estimate of drug-likeness (QED) is 0.877. The van der Waals surface area contributed by atoms with Crippen molar-refractivity contribution in [3.8, 4) is 0 Å². The summed E-state index contributed by atoms with van der Waals surface area (Å²) in [6.07, 6.45) is 6.37. The molecule has 0 atom stereocenters. The van der Waals surface area contributed by atoms with Gasteiger partial charge in [0.05, 0.1) is 0 Å². The van der Waals surface area contributed by atoms with E-state index in [2.05, 4.69) is 10.2 Å². The Morgan fingerprint density at radius 2 is 2.00 bits per heavy atom. The molecular weight excluding hydrogens is 224 g/mol. The minimum Gasteiger partial charge on any atom is -0.476 e. The maximum atomic E-state index is 10.6. The molecule has 0 aromatic carbocycles. The summed E-state index contributed by atoms with van der Waals surface area (Å²) < 4.78 is 0. The molecule has 0 saturated heterocycles. The van der Waals surface area contributed by atoms with Gasteiger partial charge in [-0.15, -0.1) is 22.0 Å². The van der Waals surface area contributed by atoms with Gasteiger partial charge in [-0.3, -0.25) is 0 Å². The molecule has 1 aromatic rings. The fourth-order valence-electron chi connectivity index (χ4n) is 1.85. The fourth-order valence-corrected chi connectivity index (χ4v) is 3.00. The second-order valence-electron chi connectivity index (χ2n) is 3.94. The Bertz CT molecular complexity index is 361. The van der Waals surface area contributed by atoms with E-state index in [0.29, 0.717) is 5.25 Å². The summed E-state index contributed by atoms with van der Waals surface area (Å²) in [5.74, 6) is -1.03. The van der Waals surface area contributed by atoms with Gasteiger partial charge in [0.2, 0.25) is 0 Å². The molecule has 0 aliphatic heterocycles. The summed E-state index contributed by atoms with van der Waals surface area (Å²) >= 11 is 1.72. The molecular formula is C11H14N2O2S. The van der Waals surface area contributed by atoms with Crippen molar-refractivity contribution in [3.05, 3.63) is 17.8 Å². The van der Waals surface area contributed by atoms with Crippen LogP contribution >= 0.6 is 11.8 Å². The van der Waals surface area contributed by atoms with Crippen LogP contribution in [-0.2, 0) is 0 Å². The molecule has 1 N–H and O–H groups in total. The van der Waals surface area contributed by atoms with Crippen LogP contribution in [0.1, 0.15) is 42.6 Å². The lowest BCUT2D eigenvalue weighted by atomic mass is 10.0. The lowest BCUT2D eigenvalue weighted by Gasteiger charge is -2.19. The predicted octanol–water partition coefficient (Wildman–Crippen LogP) is 2.60. The maximum Gasteiger partial charge on any atom is 0.356 e. The highest BCUT2D eigenvalue weighted by Crippen LogP contribution is 2.32. The molecule has 4 nitrogen and oxygen atoms in total. The zero-order chi connectivity index (χ0) is 11.4. The number of nitrogens with zero attached hydrogens (tertiary/aromatic N) is 2. The zero-order valence-electron chi connectivity index (χ0n) is 8.93. The van der Waals surface area contributed by atoms with Gasteiger partial charge in [0, 0.05) is 5.25 Å². The Morgan fingerprint density at radius 1 is 1.25 bits per heavy atom. The standard InChI is InChI=1S/C11H14N2O2S/c14-11(15)9-6-7-10(13-12-9)16-8-4-2-1-3-5-8/h6-8H,1-5H2,(H,14,15). The molecule has 0 bridgehead atoms. The second kappa shape index (κ2) is 5.30. The third kappa shape index (κ3) is 2.95. The van der Waals surface area contributed by atoms with Crippen LogP contribution < -0.4 is 0 Å². The van der Waals surface area contributed by atoms with Crippen molar-refractivity contribution in [2.24, 2.45) is 0 Å². The molecule has 1 heterocycles. The molecule has 1 aliphatic rings. The Balaban J connectivity index is 1.96. The molecule has 1 aromatic heterocycles. The molecule has 86 valence electrons. The third-order valence-electron chi connectivity index (χ3n) is 2.70. The molecule has 5 heteroatoms. The number of thioether (sulfide) groups is 1. The number of carboxylic acid groups (broad SMARTS) is 1. The fraction of sp³-hybridized carbons (Fsp3) is 0.545. The Labute approximate surface area is 98.5 Å². The van der Waals surface area contributed by atoms with Crippen molar-refractivity contribution >= 4 is 17.7 Å². The van der Waals surface area contributed by atoms with Crippen molar-refractivity contribution in [2.75, 3.05) is 0 Å². The van der Waals surface area contributed by atoms with E-state index >= 15 is 0 Å². The lowest BCUT2D eigenvalue weighted by Crippen LogP contribution is -2.09. The molecule has 0 spiro atoms. The van der Waals surface area contributed by atoms with Crippen LogP contribution in [0.3, 0.4) is 0 Å². The second-order valence-corrected chi connectivity index (χ2v) is 5.26. The molecule has 16 heavy (non-hydrogen) atoms. The Morgan fingerprint density at radius 3 is 2.56 bits per heavy atom. The van der Waals surface area contributed by atoms with E-state index in [1.807, 2.05) is 0 Å². The number of rotatable bonds is 3. The van der Waals surface area contributed by atoms with Crippen molar-refractivity contribution in [1.29, 1.82) is 0 Å². The largest absolute Gasteiger partial charge is 0.476 e. The molecule has 0 amide bonds. The van der Waals surface area contributed by atoms with Gasteiger partial charge in [-0.05, 0) is 25.0 Å². The van der Waals surface area contributed by atoms with Crippen molar-refractivity contribution in [1.82, 2.24) is 10.2 Å². The van der Waals surface area contributed by atoms with Crippen LogP contribution in [0.25, 0.3) is 0 Å². The van der Waals surface area contributed by atoms with Crippen LogP contribution in [0.2, 0.25) is 0 Å². The van der Waals surface area contributed by atoms with Crippen LogP contribution in [0.4, 0.5) is 0 Å². The Hall–Kier alpha value is -1.10. The van der Waals surface area contributed by atoms with Crippen LogP contribution in [-0.4, -0.2) is 26.5 Å². The summed E-state index contributed by atoms with van der Waals surface area (Å²) in [5.41, 5.74) is 0.00740. The number of carboxylic acids is 1. The summed E-state index contributed by atoms with van der Waals surface area (Å²) in [6, 6.07) is 3.26. The van der Waals surface area contributed by atoms with Crippen molar-refractivity contribution in [3.63, 3.8) is 0 Å². The van der Waals surface area contributed by atoms with E-state index in [1.54, 1.807) is 17.8 Å². The number of aromatic nitrogens is 2. The van der Waals surface area contributed by atoms with E-state index < -0.39 is 5.97 Å². The molecule has 1 saturated carbocycles. The monoisotopic (exact) mass is 238 g/mol. The summed E-state index contributed by atoms with van der Waals surface area (Å²) in [7, 11) is 0. The number of carbonyl (C=O) groups is 1. The summed E-state index contributed by atoms with van der Waals surface area (Å²) in [4.78, 5) is 10.6. The number of hydrogen-bond donors (Lipinski definition) is 1. The molecule has 0 radical (unpaired) electrons. The van der Waals surface area contributed by atoms with Gasteiger partial charge in [0.25, 0.3) is 0 Å². The highest BCUT2D eigenvalue weighted by Gasteiger charge is 2.15. The minimum atomic E-state index is -1.03. The number of aromatic carboxylic acids is 1. The van der Waals surface area contributed by atoms with Crippen LogP contribution in [0.15, 0.2) is 17.2 Å². The summed E-state index contributed by atoms with van der Waals surface area (Å²) in [5, 5.41) is 17.7. The first-order valence-electron chi connectivity index (χ1n) is 5.49. The highest BCUT2D eigenvalue weighted by molar-refractivity contribution is 7.99. The Kier molecular flexibility index (Phi) is 3.77. The number of hydrogen-bond acceptors (Lipinski definition) is 4. The van der Waals surface area contributed by atoms with Gasteiger partial charge in [0.1, 0.15) is 5.03 Å². The van der Waals surface area contributed by atoms with E-state index in [4.69, 9.17) is 5.11 Å². The van der Waals surface area contributed by atoms with E-state index in [0.717, 1.165) is 5.03 Å². The molecule has 0 unspecified atom stereocenters. The normalized spacial score (nSPS) is 17.2. The van der Waals surface area contributed by atoms with Gasteiger partial charge in [-0.1, -0.05) is 19.3 Å². The van der Waals surface area contributed by atoms with E-state index in [-0.39, 0.29) is 5.69 Å². The molecule has 1 fully saturated rings. The average molecular weight is 238 g/mol. The topological polar surface area (TPSA) is 63.1 Å². The SMILES string of the molecule is O=C(O)c1ccc(SC2CCCCC2)nn1. The van der Waals surface area contributed by atoms with Crippen LogP contribution in [0.5, 0.6) is 0 Å². The smallest absolute Gasteiger partial charge is 0.356 e. The molecule has 1 aliphatic carbocycles. The van der Waals surface area contributed by atoms with Crippen LogP contribution in [0, 0.1) is 0 Å². The van der Waals surface area contributed by atoms with Gasteiger partial charge >= 0.3 is 5.97 Å². The lowest BCUT2D eigenvalue weighted by molar-refractivity contribution is 0.0689. The predicted molar refractivity (Wildman–Crippen MR) is 61.7 cm³/mol. The van der Waals surface area contributed by atoms with E-state index in [9.17, 15) is 4.79 Å². The average Bonchev–Trinajstić information content (AvgIpc) is 2.31. The maximum absolute atomic E-state index is 10.6. The van der Waals surface area contributed by atoms with Gasteiger partial charge in [0.15, 0.2) is 5.69 Å². The summed E-state index contributed by atoms with van der Waals surface area (Å²) in [6.45, 7) is 0. The molecule has 2 rings (SSSR count). The van der Waals surface area contributed by atoms with Gasteiger partial charge in [-0.25, -0.2) is 4.79 Å². The third-order valence-corrected chi connectivity index (χ3v) is 3.96. The highest BCUT2D eigenvalue weighted by atomic mass is 32.2. The first-order chi connectivity index (χ1) is 7.75. The first-order valence-corrected chi connectivity index (χ1v) is 6.37. The van der Waals surface area contributed by atoms with E-state index in [1.165, 1.54) is 38.2 Å². The van der Waals surface area contributed by atoms with Crippen molar-refractivity contribution < 1.29 is 9.90 Å². The minimum absolute atomic E-state index is 0.00740. The zero-order valence-corrected chi connectivity index (χ0v) is 9.74. The van der Waals surface area contributed by atoms with Gasteiger partial charge in [-0.2, -0.15) is 0 Å². The van der Waals surface area contributed by atoms with Crippen molar-refractivity contribution in [2.45, 2.75) is 42.4 Å². The first kappa shape index (κ1) is 11.4. The van der Waals surface area contributed by atoms with Gasteiger partial charge < -0.3 is 5.11 Å².